The average molecular weight is 287 g/mol. The van der Waals surface area contributed by atoms with E-state index in [4.69, 9.17) is 9.15 Å². The van der Waals surface area contributed by atoms with Crippen molar-refractivity contribution in [2.24, 2.45) is 0 Å². The summed E-state index contributed by atoms with van der Waals surface area (Å²) >= 11 is 0. The van der Waals surface area contributed by atoms with Crippen LogP contribution >= 0.6 is 0 Å². The lowest BCUT2D eigenvalue weighted by molar-refractivity contribution is 0.306. The smallest absolute Gasteiger partial charge is 0.119 e. The van der Waals surface area contributed by atoms with Crippen molar-refractivity contribution in [3.05, 3.63) is 53.5 Å². The van der Waals surface area contributed by atoms with Crippen molar-refractivity contribution < 1.29 is 9.15 Å². The quantitative estimate of drug-likeness (QED) is 0.692. The molecule has 0 aliphatic rings. The summed E-state index contributed by atoms with van der Waals surface area (Å²) in [6.45, 7) is 6.55. The number of hydrogen-bond acceptors (Lipinski definition) is 3. The summed E-state index contributed by atoms with van der Waals surface area (Å²) in [4.78, 5) is 0. The van der Waals surface area contributed by atoms with E-state index in [2.05, 4.69) is 24.4 Å². The second kappa shape index (κ2) is 8.53. The Kier molecular flexibility index (Phi) is 6.35. The van der Waals surface area contributed by atoms with E-state index < -0.39 is 0 Å². The molecule has 3 heteroatoms. The van der Waals surface area contributed by atoms with Crippen LogP contribution in [0.2, 0.25) is 0 Å². The molecule has 3 nitrogen and oxygen atoms in total. The van der Waals surface area contributed by atoms with Crippen molar-refractivity contribution in [1.82, 2.24) is 5.32 Å². The summed E-state index contributed by atoms with van der Waals surface area (Å²) in [6, 6.07) is 12.3. The molecule has 0 radical (unpaired) electrons. The maximum Gasteiger partial charge on any atom is 0.119 e. The Labute approximate surface area is 127 Å². The van der Waals surface area contributed by atoms with Gasteiger partial charge in [-0.1, -0.05) is 31.9 Å². The average Bonchev–Trinajstić information content (AvgIpc) is 2.91. The van der Waals surface area contributed by atoms with Crippen LogP contribution < -0.4 is 10.1 Å². The Balaban J connectivity index is 1.69. The highest BCUT2D eigenvalue weighted by Gasteiger charge is 1.99. The van der Waals surface area contributed by atoms with Gasteiger partial charge in [0.25, 0.3) is 0 Å². The minimum absolute atomic E-state index is 0.753. The van der Waals surface area contributed by atoms with Gasteiger partial charge in [0.2, 0.25) is 0 Å². The first kappa shape index (κ1) is 15.6. The number of rotatable bonds is 9. The third-order valence-corrected chi connectivity index (χ3v) is 3.36. The van der Waals surface area contributed by atoms with Crippen molar-refractivity contribution in [2.45, 2.75) is 46.2 Å². The molecule has 0 spiro atoms. The predicted molar refractivity (Wildman–Crippen MR) is 85.5 cm³/mol. The molecule has 1 aromatic carbocycles. The second-order valence-electron chi connectivity index (χ2n) is 5.32. The maximum absolute atomic E-state index is 5.70. The van der Waals surface area contributed by atoms with Crippen LogP contribution in [-0.2, 0) is 13.1 Å². The van der Waals surface area contributed by atoms with Gasteiger partial charge in [0.1, 0.15) is 17.3 Å². The Hall–Kier alpha value is -1.74. The number of aryl methyl sites for hydroxylation is 1. The molecule has 0 saturated heterocycles. The number of ether oxygens (including phenoxy) is 1. The molecule has 1 heterocycles. The standard InChI is InChI=1S/C18H25NO2/c1-3-4-5-12-20-17-10-7-16(8-11-17)13-19-14-18-9-6-15(2)21-18/h6-11,19H,3-5,12-14H2,1-2H3. The minimum Gasteiger partial charge on any atom is -0.494 e. The molecule has 0 aliphatic heterocycles. The SMILES string of the molecule is CCCCCOc1ccc(CNCc2ccc(C)o2)cc1. The van der Waals surface area contributed by atoms with E-state index in [-0.39, 0.29) is 0 Å². The third kappa shape index (κ3) is 5.64. The van der Waals surface area contributed by atoms with E-state index in [9.17, 15) is 0 Å². The van der Waals surface area contributed by atoms with Gasteiger partial charge in [0.05, 0.1) is 13.2 Å². The molecule has 0 aliphatic carbocycles. The van der Waals surface area contributed by atoms with Crippen molar-refractivity contribution in [2.75, 3.05) is 6.61 Å². The molecule has 114 valence electrons. The Morgan fingerprint density at radius 3 is 2.48 bits per heavy atom. The monoisotopic (exact) mass is 287 g/mol. The molecule has 0 amide bonds. The number of hydrogen-bond donors (Lipinski definition) is 1. The number of nitrogens with one attached hydrogen (secondary N) is 1. The molecule has 1 aromatic heterocycles. The Morgan fingerprint density at radius 1 is 1.00 bits per heavy atom. The van der Waals surface area contributed by atoms with Gasteiger partial charge in [-0.15, -0.1) is 0 Å². The van der Waals surface area contributed by atoms with Crippen molar-refractivity contribution in [3.63, 3.8) is 0 Å². The molecule has 0 saturated carbocycles. The fourth-order valence-electron chi connectivity index (χ4n) is 2.16. The van der Waals surface area contributed by atoms with E-state index in [1.165, 1.54) is 18.4 Å². The first-order valence-electron chi connectivity index (χ1n) is 7.75. The zero-order valence-corrected chi connectivity index (χ0v) is 13.0. The highest BCUT2D eigenvalue weighted by Crippen LogP contribution is 2.13. The predicted octanol–water partition coefficient (Wildman–Crippen LogP) is 4.45. The number of benzene rings is 1. The Morgan fingerprint density at radius 2 is 1.81 bits per heavy atom. The third-order valence-electron chi connectivity index (χ3n) is 3.36. The molecule has 0 unspecified atom stereocenters. The molecule has 0 fully saturated rings. The fraction of sp³-hybridized carbons (Fsp3) is 0.444. The van der Waals surface area contributed by atoms with E-state index in [0.717, 1.165) is 43.4 Å². The Bertz CT molecular complexity index is 516. The van der Waals surface area contributed by atoms with Gasteiger partial charge in [0.15, 0.2) is 0 Å². The summed E-state index contributed by atoms with van der Waals surface area (Å²) in [6.07, 6.45) is 3.58. The summed E-state index contributed by atoms with van der Waals surface area (Å²) in [5.41, 5.74) is 1.25. The minimum atomic E-state index is 0.753. The van der Waals surface area contributed by atoms with Crippen LogP contribution in [0.5, 0.6) is 5.75 Å². The molecular weight excluding hydrogens is 262 g/mol. The molecule has 2 rings (SSSR count). The fourth-order valence-corrected chi connectivity index (χ4v) is 2.16. The summed E-state index contributed by atoms with van der Waals surface area (Å²) < 4.78 is 11.2. The van der Waals surface area contributed by atoms with Crippen LogP contribution in [-0.4, -0.2) is 6.61 Å². The van der Waals surface area contributed by atoms with E-state index >= 15 is 0 Å². The highest BCUT2D eigenvalue weighted by molar-refractivity contribution is 5.27. The maximum atomic E-state index is 5.70. The van der Waals surface area contributed by atoms with Crippen LogP contribution in [0, 0.1) is 6.92 Å². The van der Waals surface area contributed by atoms with Gasteiger partial charge < -0.3 is 14.5 Å². The molecule has 2 aromatic rings. The summed E-state index contributed by atoms with van der Waals surface area (Å²) in [5, 5.41) is 3.38. The van der Waals surface area contributed by atoms with Crippen molar-refractivity contribution in [3.8, 4) is 5.75 Å². The normalized spacial score (nSPS) is 10.8. The lowest BCUT2D eigenvalue weighted by Crippen LogP contribution is -2.12. The van der Waals surface area contributed by atoms with E-state index in [1.807, 2.05) is 31.2 Å². The lowest BCUT2D eigenvalue weighted by Gasteiger charge is -2.07. The van der Waals surface area contributed by atoms with Crippen molar-refractivity contribution >= 4 is 0 Å². The number of unbranched alkanes of at least 4 members (excludes halogenated alkanes) is 2. The largest absolute Gasteiger partial charge is 0.494 e. The van der Waals surface area contributed by atoms with Crippen LogP contribution in [0.25, 0.3) is 0 Å². The van der Waals surface area contributed by atoms with Gasteiger partial charge in [-0.3, -0.25) is 0 Å². The summed E-state index contributed by atoms with van der Waals surface area (Å²) in [7, 11) is 0. The van der Waals surface area contributed by atoms with Gasteiger partial charge in [-0.2, -0.15) is 0 Å². The lowest BCUT2D eigenvalue weighted by atomic mass is 10.2. The molecule has 1 N–H and O–H groups in total. The first-order chi connectivity index (χ1) is 10.3. The zero-order valence-electron chi connectivity index (χ0n) is 13.0. The zero-order chi connectivity index (χ0) is 14.9. The molecular formula is C18H25NO2. The summed E-state index contributed by atoms with van der Waals surface area (Å²) in [5.74, 6) is 2.89. The first-order valence-corrected chi connectivity index (χ1v) is 7.75. The molecule has 21 heavy (non-hydrogen) atoms. The van der Waals surface area contributed by atoms with Crippen LogP contribution in [0.1, 0.15) is 43.3 Å². The van der Waals surface area contributed by atoms with Crippen LogP contribution in [0.15, 0.2) is 40.8 Å². The topological polar surface area (TPSA) is 34.4 Å². The van der Waals surface area contributed by atoms with Gasteiger partial charge in [0, 0.05) is 6.54 Å². The highest BCUT2D eigenvalue weighted by atomic mass is 16.5. The second-order valence-corrected chi connectivity index (χ2v) is 5.32. The van der Waals surface area contributed by atoms with Crippen LogP contribution in [0.4, 0.5) is 0 Å². The number of furan rings is 1. The molecule has 0 atom stereocenters. The van der Waals surface area contributed by atoms with Gasteiger partial charge >= 0.3 is 0 Å². The van der Waals surface area contributed by atoms with E-state index in [0.29, 0.717) is 0 Å². The van der Waals surface area contributed by atoms with Crippen LogP contribution in [0.3, 0.4) is 0 Å². The van der Waals surface area contributed by atoms with Gasteiger partial charge in [-0.25, -0.2) is 0 Å². The van der Waals surface area contributed by atoms with Gasteiger partial charge in [-0.05, 0) is 43.2 Å². The van der Waals surface area contributed by atoms with Crippen molar-refractivity contribution in [1.29, 1.82) is 0 Å². The van der Waals surface area contributed by atoms with E-state index in [1.54, 1.807) is 0 Å². The molecule has 0 bridgehead atoms.